The second-order valence-corrected chi connectivity index (χ2v) is 7.97. The molecule has 0 spiro atoms. The number of nitrogens with zero attached hydrogens (tertiary/aromatic N) is 4. The van der Waals surface area contributed by atoms with Crippen LogP contribution in [-0.2, 0) is 22.4 Å². The van der Waals surface area contributed by atoms with Crippen LogP contribution in [0.3, 0.4) is 0 Å². The Morgan fingerprint density at radius 3 is 1.43 bits per heavy atom. The average molecular weight is 608 g/mol. The van der Waals surface area contributed by atoms with Crippen LogP contribution >= 0.6 is 7.81 Å². The molecule has 12 heteroatoms. The van der Waals surface area contributed by atoms with Crippen molar-refractivity contribution in [2.45, 2.75) is 37.8 Å². The quantitative estimate of drug-likeness (QED) is 0.190. The zero-order valence-electron chi connectivity index (χ0n) is 14.4. The van der Waals surface area contributed by atoms with Crippen molar-refractivity contribution in [3.05, 3.63) is 48.0 Å². The van der Waals surface area contributed by atoms with Gasteiger partial charge in [0.1, 0.15) is 0 Å². The molecular formula is C16H18AuF6N4P. The van der Waals surface area contributed by atoms with Gasteiger partial charge in [0.05, 0.1) is 12.1 Å². The van der Waals surface area contributed by atoms with Gasteiger partial charge in [-0.15, -0.1) is 11.4 Å². The topological polar surface area (TPSA) is 52.9 Å². The van der Waals surface area contributed by atoms with Crippen molar-refractivity contribution in [1.29, 1.82) is 0 Å². The molecule has 0 amide bonds. The van der Waals surface area contributed by atoms with E-state index in [0.717, 1.165) is 24.2 Å². The molecule has 160 valence electrons. The van der Waals surface area contributed by atoms with Gasteiger partial charge in [-0.05, 0) is 12.8 Å². The van der Waals surface area contributed by atoms with E-state index in [0.29, 0.717) is 0 Å². The maximum atomic E-state index is 9.87. The third-order valence-electron chi connectivity index (χ3n) is 3.64. The summed E-state index contributed by atoms with van der Waals surface area (Å²) < 4.78 is 59.2. The van der Waals surface area contributed by atoms with Gasteiger partial charge in [-0.2, -0.15) is 12.4 Å². The maximum absolute atomic E-state index is 10.7. The predicted octanol–water partition coefficient (Wildman–Crippen LogP) is 5.83. The standard InChI is InChI=1S/C16H18N4.Au.F6P/c1-2-8-16(20-12-14-6-4-10-18-14)15(7-1)19-11-13-5-3-9-17-13;;1-7(2,3,4,5)6/h3-6,9-12,15-16H,1-2,7-8H2;;/q-2;+3;-1. The monoisotopic (exact) mass is 608 g/mol. The fourth-order valence-corrected chi connectivity index (χ4v) is 2.56. The first-order valence-corrected chi connectivity index (χ1v) is 10.2. The molecule has 2 aromatic heterocycles. The molecule has 0 aromatic carbocycles. The number of rotatable bonds is 4. The van der Waals surface area contributed by atoms with Crippen molar-refractivity contribution in [1.82, 2.24) is 9.97 Å². The Balaban J connectivity index is 0.000000425. The van der Waals surface area contributed by atoms with Crippen LogP contribution in [-0.4, -0.2) is 24.5 Å². The van der Waals surface area contributed by atoms with Gasteiger partial charge in [0.15, 0.2) is 0 Å². The zero-order valence-corrected chi connectivity index (χ0v) is 17.5. The van der Waals surface area contributed by atoms with E-state index in [9.17, 15) is 25.2 Å². The number of hydrogen-bond acceptors (Lipinski definition) is 2. The summed E-state index contributed by atoms with van der Waals surface area (Å²) in [6, 6.07) is 8.34. The van der Waals surface area contributed by atoms with Crippen molar-refractivity contribution < 1.29 is 47.6 Å². The van der Waals surface area contributed by atoms with E-state index in [1.54, 1.807) is 12.4 Å². The Morgan fingerprint density at radius 2 is 1.14 bits per heavy atom. The van der Waals surface area contributed by atoms with Crippen molar-refractivity contribution >= 4 is 20.2 Å². The average Bonchev–Trinajstić information content (AvgIpc) is 3.22. The van der Waals surface area contributed by atoms with Crippen LogP contribution in [0.2, 0.25) is 0 Å². The van der Waals surface area contributed by atoms with Gasteiger partial charge >= 0.3 is 55.4 Å². The molecule has 0 aliphatic heterocycles. The SMILES string of the molecule is C(=NC1CCCCC1N=Cc1ccc[n-]1)c1ccc[n-]1.F[P-](F)(F)(F)(F)F.[Au+3]. The Bertz CT molecular complexity index is 693. The van der Waals surface area contributed by atoms with Crippen LogP contribution < -0.4 is 9.97 Å². The fraction of sp³-hybridized carbons (Fsp3) is 0.375. The molecule has 2 unspecified atom stereocenters. The van der Waals surface area contributed by atoms with Crippen LogP contribution in [0.25, 0.3) is 0 Å². The van der Waals surface area contributed by atoms with Gasteiger partial charge in [0, 0.05) is 12.4 Å². The minimum atomic E-state index is -10.7. The van der Waals surface area contributed by atoms with Crippen molar-refractivity contribution in [3.63, 3.8) is 0 Å². The summed E-state index contributed by atoms with van der Waals surface area (Å²) in [5, 5.41) is 0. The first kappa shape index (κ1) is 24.7. The summed E-state index contributed by atoms with van der Waals surface area (Å²) in [4.78, 5) is 17.8. The zero-order chi connectivity index (χ0) is 20.0. The number of halogens is 6. The van der Waals surface area contributed by atoms with E-state index in [4.69, 9.17) is 0 Å². The fourth-order valence-electron chi connectivity index (χ4n) is 2.56. The van der Waals surface area contributed by atoms with Crippen LogP contribution in [0.1, 0.15) is 37.1 Å². The molecular weight excluding hydrogens is 590 g/mol. The van der Waals surface area contributed by atoms with Gasteiger partial charge < -0.3 is 9.97 Å². The molecule has 4 nitrogen and oxygen atoms in total. The van der Waals surface area contributed by atoms with E-state index in [1.165, 1.54) is 12.8 Å². The smallest absolute Gasteiger partial charge is 3.00 e. The molecule has 0 radical (unpaired) electrons. The largest absolute Gasteiger partial charge is 3.00 e. The van der Waals surface area contributed by atoms with Crippen LogP contribution in [0.5, 0.6) is 0 Å². The minimum absolute atomic E-state index is 0. The number of aliphatic imine (C=N–C) groups is 2. The first-order chi connectivity index (χ1) is 12.4. The summed E-state index contributed by atoms with van der Waals surface area (Å²) in [5.74, 6) is 0. The predicted molar refractivity (Wildman–Crippen MR) is 94.3 cm³/mol. The molecule has 1 aliphatic carbocycles. The second kappa shape index (κ2) is 8.98. The Labute approximate surface area is 173 Å². The van der Waals surface area contributed by atoms with Gasteiger partial charge in [-0.1, -0.05) is 37.1 Å². The van der Waals surface area contributed by atoms with E-state index in [1.807, 2.05) is 36.7 Å². The molecule has 0 saturated heterocycles. The molecule has 1 saturated carbocycles. The molecule has 0 N–H and O–H groups in total. The van der Waals surface area contributed by atoms with Gasteiger partial charge in [-0.25, -0.2) is 0 Å². The minimum Gasteiger partial charge on any atom is 3.00 e. The van der Waals surface area contributed by atoms with Crippen molar-refractivity contribution in [2.24, 2.45) is 9.98 Å². The number of aromatic nitrogens is 2. The Morgan fingerprint density at radius 1 is 0.786 bits per heavy atom. The molecule has 1 fully saturated rings. The van der Waals surface area contributed by atoms with E-state index >= 15 is 0 Å². The Kier molecular flexibility index (Phi) is 7.92. The maximum Gasteiger partial charge on any atom is 3.00 e. The molecule has 3 rings (SSSR count). The summed E-state index contributed by atoms with van der Waals surface area (Å²) in [7, 11) is -10.7. The normalized spacial score (nSPS) is 22.8. The summed E-state index contributed by atoms with van der Waals surface area (Å²) in [5.41, 5.74) is 1.85. The second-order valence-electron chi connectivity index (χ2n) is 6.06. The summed E-state index contributed by atoms with van der Waals surface area (Å²) in [6.45, 7) is 0. The summed E-state index contributed by atoms with van der Waals surface area (Å²) in [6.07, 6.45) is 12.0. The van der Waals surface area contributed by atoms with E-state index < -0.39 is 7.81 Å². The van der Waals surface area contributed by atoms with Crippen LogP contribution in [0.15, 0.2) is 46.6 Å². The van der Waals surface area contributed by atoms with Crippen LogP contribution in [0, 0.1) is 0 Å². The van der Waals surface area contributed by atoms with Crippen molar-refractivity contribution in [3.8, 4) is 0 Å². The Hall–Kier alpha value is -1.35. The molecule has 1 aliphatic rings. The van der Waals surface area contributed by atoms with E-state index in [2.05, 4.69) is 20.0 Å². The molecule has 2 atom stereocenters. The number of hydrogen-bond donors (Lipinski definition) is 0. The van der Waals surface area contributed by atoms with Crippen molar-refractivity contribution in [2.75, 3.05) is 0 Å². The third kappa shape index (κ3) is 12.2. The third-order valence-corrected chi connectivity index (χ3v) is 3.64. The molecule has 0 bridgehead atoms. The summed E-state index contributed by atoms with van der Waals surface area (Å²) >= 11 is 0. The molecule has 2 aromatic rings. The van der Waals surface area contributed by atoms with Crippen LogP contribution in [0.4, 0.5) is 25.2 Å². The first-order valence-electron chi connectivity index (χ1n) is 8.15. The molecule has 2 heterocycles. The van der Waals surface area contributed by atoms with Gasteiger partial charge in [0.25, 0.3) is 0 Å². The van der Waals surface area contributed by atoms with Gasteiger partial charge in [-0.3, -0.25) is 9.98 Å². The van der Waals surface area contributed by atoms with Gasteiger partial charge in [0.2, 0.25) is 0 Å². The van der Waals surface area contributed by atoms with E-state index in [-0.39, 0.29) is 34.5 Å². The molecule has 28 heavy (non-hydrogen) atoms.